The van der Waals surface area contributed by atoms with E-state index in [1.54, 1.807) is 6.92 Å². The van der Waals surface area contributed by atoms with E-state index in [2.05, 4.69) is 29.9 Å². The minimum Gasteiger partial charge on any atom is -0.453 e. The molecule has 2 unspecified atom stereocenters. The Morgan fingerprint density at radius 2 is 1.53 bits per heavy atom. The van der Waals surface area contributed by atoms with Crippen LogP contribution in [0.4, 0.5) is 9.59 Å². The number of carbonyl (C=O) groups is 3. The summed E-state index contributed by atoms with van der Waals surface area (Å²) in [5.41, 5.74) is 0. The van der Waals surface area contributed by atoms with Crippen molar-refractivity contribution in [2.45, 2.75) is 51.5 Å². The Hall–Kier alpha value is -1.88. The Bertz CT molecular complexity index is 563. The maximum Gasteiger partial charge on any atom is 0.472 e. The third-order valence-corrected chi connectivity index (χ3v) is 4.93. The number of phosphoric ester groups is 1. The van der Waals surface area contributed by atoms with Crippen LogP contribution in [0, 0.1) is 0 Å². The molecule has 0 heterocycles. The molecule has 0 fully saturated rings. The Morgan fingerprint density at radius 1 is 0.900 bits per heavy atom. The molecule has 0 aliphatic rings. The molecule has 0 spiro atoms. The molecule has 0 saturated heterocycles. The first-order valence-electron chi connectivity index (χ1n) is 9.81. The first-order valence-corrected chi connectivity index (χ1v) is 11.3. The summed E-state index contributed by atoms with van der Waals surface area (Å²) in [7, 11) is -1.48. The zero-order chi connectivity index (χ0) is 22.8. The van der Waals surface area contributed by atoms with Crippen molar-refractivity contribution in [3.63, 3.8) is 0 Å². The molecule has 0 radical (unpaired) electrons. The summed E-state index contributed by atoms with van der Waals surface area (Å²) in [5.74, 6) is -0.339. The van der Waals surface area contributed by atoms with Crippen molar-refractivity contribution in [2.24, 2.45) is 0 Å². The average molecular weight is 455 g/mol. The number of unbranched alkanes of at least 4 members (excludes halogenated alkanes) is 3. The normalized spacial score (nSPS) is 13.6. The van der Waals surface area contributed by atoms with Crippen molar-refractivity contribution in [3.05, 3.63) is 0 Å². The van der Waals surface area contributed by atoms with E-state index in [1.165, 1.54) is 14.2 Å². The lowest BCUT2D eigenvalue weighted by Crippen LogP contribution is -2.47. The number of hydrogen-bond donors (Lipinski definition) is 4. The summed E-state index contributed by atoms with van der Waals surface area (Å²) in [4.78, 5) is 44.0. The molecule has 0 rings (SSSR count). The van der Waals surface area contributed by atoms with E-state index in [4.69, 9.17) is 4.52 Å². The monoisotopic (exact) mass is 455 g/mol. The molecule has 4 N–H and O–H groups in total. The zero-order valence-corrected chi connectivity index (χ0v) is 18.7. The van der Waals surface area contributed by atoms with Gasteiger partial charge in [-0.05, 0) is 45.4 Å². The average Bonchev–Trinajstić information content (AvgIpc) is 2.71. The number of carbonyl (C=O) groups excluding carboxylic acids is 3. The summed E-state index contributed by atoms with van der Waals surface area (Å²) in [6, 6.07) is -0.759. The van der Waals surface area contributed by atoms with Crippen molar-refractivity contribution in [3.8, 4) is 0 Å². The SMILES string of the molecule is CCOP(=O)(O)OCCCCCNC(=O)C(CCCCNC(=O)OC)NC(=O)OC. The third kappa shape index (κ3) is 15.0. The number of amides is 3. The molecule has 0 aliphatic heterocycles. The molecule has 0 aliphatic carbocycles. The van der Waals surface area contributed by atoms with Crippen molar-refractivity contribution in [2.75, 3.05) is 40.5 Å². The van der Waals surface area contributed by atoms with Gasteiger partial charge in [0.25, 0.3) is 0 Å². The van der Waals surface area contributed by atoms with E-state index in [9.17, 15) is 23.8 Å². The van der Waals surface area contributed by atoms with Crippen LogP contribution < -0.4 is 16.0 Å². The maximum atomic E-state index is 12.3. The van der Waals surface area contributed by atoms with Crippen molar-refractivity contribution in [1.29, 1.82) is 0 Å². The van der Waals surface area contributed by atoms with E-state index >= 15 is 0 Å². The first kappa shape index (κ1) is 28.1. The van der Waals surface area contributed by atoms with Gasteiger partial charge in [-0.1, -0.05) is 0 Å². The van der Waals surface area contributed by atoms with Crippen LogP contribution in [0.25, 0.3) is 0 Å². The molecule has 13 heteroatoms. The highest BCUT2D eigenvalue weighted by Crippen LogP contribution is 2.42. The lowest BCUT2D eigenvalue weighted by molar-refractivity contribution is -0.123. The van der Waals surface area contributed by atoms with Gasteiger partial charge in [0.05, 0.1) is 27.4 Å². The third-order valence-electron chi connectivity index (χ3n) is 3.84. The molecule has 0 bridgehead atoms. The molecule has 0 aromatic carbocycles. The first-order chi connectivity index (χ1) is 14.3. The van der Waals surface area contributed by atoms with E-state index < -0.39 is 26.1 Å². The van der Waals surface area contributed by atoms with Crippen molar-refractivity contribution < 1.29 is 42.4 Å². The Morgan fingerprint density at radius 3 is 2.17 bits per heavy atom. The molecular weight excluding hydrogens is 421 g/mol. The van der Waals surface area contributed by atoms with Gasteiger partial charge in [-0.15, -0.1) is 0 Å². The number of ether oxygens (including phenoxy) is 2. The predicted molar refractivity (Wildman–Crippen MR) is 108 cm³/mol. The summed E-state index contributed by atoms with van der Waals surface area (Å²) >= 11 is 0. The topological polar surface area (TPSA) is 162 Å². The summed E-state index contributed by atoms with van der Waals surface area (Å²) < 4.78 is 29.7. The van der Waals surface area contributed by atoms with Gasteiger partial charge < -0.3 is 30.3 Å². The molecule has 176 valence electrons. The molecule has 30 heavy (non-hydrogen) atoms. The standard InChI is InChI=1S/C17H34N3O9P/c1-4-28-30(24,25)29-13-9-5-7-11-18-15(21)14(20-17(23)27-3)10-6-8-12-19-16(22)26-2/h14H,4-13H2,1-3H3,(H,18,21)(H,19,22)(H,20,23)(H,24,25). The van der Waals surface area contributed by atoms with Gasteiger partial charge >= 0.3 is 20.0 Å². The molecular formula is C17H34N3O9P. The van der Waals surface area contributed by atoms with E-state index in [0.717, 1.165) is 0 Å². The number of nitrogens with one attached hydrogen (secondary N) is 3. The zero-order valence-electron chi connectivity index (χ0n) is 17.8. The van der Waals surface area contributed by atoms with Crippen LogP contribution >= 0.6 is 7.82 Å². The van der Waals surface area contributed by atoms with Gasteiger partial charge in [-0.2, -0.15) is 0 Å². The predicted octanol–water partition coefficient (Wildman–Crippen LogP) is 1.68. The Kier molecular flexibility index (Phi) is 15.8. The number of rotatable bonds is 16. The largest absolute Gasteiger partial charge is 0.472 e. The van der Waals surface area contributed by atoms with Crippen LogP contribution in [0.5, 0.6) is 0 Å². The van der Waals surface area contributed by atoms with Crippen LogP contribution in [-0.4, -0.2) is 69.6 Å². The van der Waals surface area contributed by atoms with Crippen LogP contribution in [-0.2, 0) is 27.9 Å². The molecule has 12 nitrogen and oxygen atoms in total. The molecule has 0 aromatic rings. The molecule has 2 atom stereocenters. The van der Waals surface area contributed by atoms with Crippen LogP contribution in [0.1, 0.15) is 45.4 Å². The minimum atomic E-state index is -3.97. The number of phosphoric acid groups is 1. The van der Waals surface area contributed by atoms with Crippen molar-refractivity contribution in [1.82, 2.24) is 16.0 Å². The van der Waals surface area contributed by atoms with E-state index in [1.807, 2.05) is 0 Å². The summed E-state index contributed by atoms with van der Waals surface area (Å²) in [5, 5.41) is 7.77. The van der Waals surface area contributed by atoms with Crippen molar-refractivity contribution >= 4 is 25.9 Å². The quantitative estimate of drug-likeness (QED) is 0.200. The second-order valence-electron chi connectivity index (χ2n) is 6.17. The Labute approximate surface area is 177 Å². The molecule has 3 amide bonds. The summed E-state index contributed by atoms with van der Waals surface area (Å²) in [6.45, 7) is 2.53. The second kappa shape index (κ2) is 16.9. The maximum absolute atomic E-state index is 12.3. The van der Waals surface area contributed by atoms with Gasteiger partial charge in [0.2, 0.25) is 5.91 Å². The van der Waals surface area contributed by atoms with Gasteiger partial charge in [0.15, 0.2) is 0 Å². The van der Waals surface area contributed by atoms with Gasteiger partial charge in [0.1, 0.15) is 6.04 Å². The fourth-order valence-corrected chi connectivity index (χ4v) is 3.09. The van der Waals surface area contributed by atoms with E-state index in [-0.39, 0.29) is 19.1 Å². The smallest absolute Gasteiger partial charge is 0.453 e. The minimum absolute atomic E-state index is 0.0772. The van der Waals surface area contributed by atoms with Gasteiger partial charge in [-0.3, -0.25) is 13.8 Å². The van der Waals surface area contributed by atoms with Gasteiger partial charge in [-0.25, -0.2) is 14.2 Å². The van der Waals surface area contributed by atoms with Gasteiger partial charge in [0, 0.05) is 13.1 Å². The van der Waals surface area contributed by atoms with Crippen LogP contribution in [0.15, 0.2) is 0 Å². The molecule has 0 aromatic heterocycles. The number of methoxy groups -OCH3 is 2. The second-order valence-corrected chi connectivity index (χ2v) is 7.63. The lowest BCUT2D eigenvalue weighted by atomic mass is 10.1. The lowest BCUT2D eigenvalue weighted by Gasteiger charge is -2.18. The number of hydrogen-bond acceptors (Lipinski definition) is 8. The summed E-state index contributed by atoms with van der Waals surface area (Å²) in [6.07, 6.45) is 2.17. The number of alkyl carbamates (subject to hydrolysis) is 2. The highest BCUT2D eigenvalue weighted by Gasteiger charge is 2.21. The van der Waals surface area contributed by atoms with Crippen LogP contribution in [0.2, 0.25) is 0 Å². The van der Waals surface area contributed by atoms with E-state index in [0.29, 0.717) is 51.6 Å². The van der Waals surface area contributed by atoms with Crippen LogP contribution in [0.3, 0.4) is 0 Å². The molecule has 0 saturated carbocycles. The fourth-order valence-electron chi connectivity index (χ4n) is 2.33. The highest BCUT2D eigenvalue weighted by atomic mass is 31.2. The fraction of sp³-hybridized carbons (Fsp3) is 0.824. The highest BCUT2D eigenvalue weighted by molar-refractivity contribution is 7.47. The Balaban J connectivity index is 4.12.